The Balaban J connectivity index is 1.67. The van der Waals surface area contributed by atoms with E-state index in [2.05, 4.69) is 22.2 Å². The monoisotopic (exact) mass is 330 g/mol. The molecule has 1 aliphatic rings. The second-order valence-corrected chi connectivity index (χ2v) is 6.11. The average Bonchev–Trinajstić information content (AvgIpc) is 3.11. The molecule has 0 bridgehead atoms. The zero-order valence-corrected chi connectivity index (χ0v) is 13.8. The van der Waals surface area contributed by atoms with Gasteiger partial charge in [-0.15, -0.1) is 5.10 Å². The summed E-state index contributed by atoms with van der Waals surface area (Å²) in [6.45, 7) is 5.92. The van der Waals surface area contributed by atoms with Crippen LogP contribution in [0.2, 0.25) is 0 Å². The van der Waals surface area contributed by atoms with Crippen molar-refractivity contribution in [2.24, 2.45) is 0 Å². The summed E-state index contributed by atoms with van der Waals surface area (Å²) in [5.41, 5.74) is 6.27. The smallest absolute Gasteiger partial charge is 0.153 e. The number of hydrogen-bond acceptors (Lipinski definition) is 4. The SMILES string of the molecule is C=C(C)c1ccc(-n2cc(C3=Cc4ccccc4NC3O)nn2)cc1. The zero-order chi connectivity index (χ0) is 17.4. The zero-order valence-electron chi connectivity index (χ0n) is 13.8. The van der Waals surface area contributed by atoms with E-state index in [1.165, 1.54) is 0 Å². The van der Waals surface area contributed by atoms with Gasteiger partial charge < -0.3 is 10.4 Å². The van der Waals surface area contributed by atoms with Crippen molar-refractivity contribution in [1.29, 1.82) is 0 Å². The van der Waals surface area contributed by atoms with E-state index in [1.54, 1.807) is 4.68 Å². The molecule has 1 atom stereocenters. The third-order valence-corrected chi connectivity index (χ3v) is 4.27. The Morgan fingerprint density at radius 1 is 1.16 bits per heavy atom. The third-order valence-electron chi connectivity index (χ3n) is 4.27. The van der Waals surface area contributed by atoms with Crippen molar-refractivity contribution < 1.29 is 5.11 Å². The van der Waals surface area contributed by atoms with Gasteiger partial charge in [0.05, 0.1) is 11.9 Å². The van der Waals surface area contributed by atoms with Crippen LogP contribution >= 0.6 is 0 Å². The third kappa shape index (κ3) is 2.86. The molecule has 2 aromatic carbocycles. The summed E-state index contributed by atoms with van der Waals surface area (Å²) in [5.74, 6) is 0. The lowest BCUT2D eigenvalue weighted by atomic mass is 10.0. The lowest BCUT2D eigenvalue weighted by molar-refractivity contribution is 0.261. The van der Waals surface area contributed by atoms with Crippen LogP contribution in [0.15, 0.2) is 61.3 Å². The molecule has 25 heavy (non-hydrogen) atoms. The number of rotatable bonds is 3. The molecule has 1 aromatic heterocycles. The van der Waals surface area contributed by atoms with E-state index in [4.69, 9.17) is 0 Å². The normalized spacial score (nSPS) is 15.9. The van der Waals surface area contributed by atoms with E-state index in [9.17, 15) is 5.11 Å². The van der Waals surface area contributed by atoms with Gasteiger partial charge in [-0.25, -0.2) is 4.68 Å². The number of para-hydroxylation sites is 1. The van der Waals surface area contributed by atoms with E-state index < -0.39 is 6.23 Å². The number of nitrogens with one attached hydrogen (secondary N) is 1. The molecule has 5 nitrogen and oxygen atoms in total. The van der Waals surface area contributed by atoms with E-state index in [-0.39, 0.29) is 0 Å². The fourth-order valence-corrected chi connectivity index (χ4v) is 2.86. The van der Waals surface area contributed by atoms with Gasteiger partial charge >= 0.3 is 0 Å². The second-order valence-electron chi connectivity index (χ2n) is 6.11. The summed E-state index contributed by atoms with van der Waals surface area (Å²) < 4.78 is 1.70. The van der Waals surface area contributed by atoms with Crippen LogP contribution in [0.1, 0.15) is 23.7 Å². The lowest BCUT2D eigenvalue weighted by Crippen LogP contribution is -2.24. The summed E-state index contributed by atoms with van der Waals surface area (Å²) in [4.78, 5) is 0. The minimum atomic E-state index is -0.814. The molecule has 2 N–H and O–H groups in total. The van der Waals surface area contributed by atoms with Crippen molar-refractivity contribution >= 4 is 22.9 Å². The Morgan fingerprint density at radius 2 is 1.92 bits per heavy atom. The molecule has 124 valence electrons. The molecular formula is C20H18N4O. The molecular weight excluding hydrogens is 312 g/mol. The number of hydrogen-bond donors (Lipinski definition) is 2. The fraction of sp³-hybridized carbons (Fsp3) is 0.100. The molecule has 1 unspecified atom stereocenters. The molecule has 4 rings (SSSR count). The first-order chi connectivity index (χ1) is 12.1. The molecule has 3 aromatic rings. The number of aliphatic hydroxyl groups excluding tert-OH is 1. The first kappa shape index (κ1) is 15.4. The predicted molar refractivity (Wildman–Crippen MR) is 100 cm³/mol. The summed E-state index contributed by atoms with van der Waals surface area (Å²) in [7, 11) is 0. The highest BCUT2D eigenvalue weighted by Crippen LogP contribution is 2.30. The standard InChI is InChI=1S/C20H18N4O/c1-13(2)14-7-9-16(10-8-14)24-12-19(22-23-24)17-11-15-5-3-4-6-18(15)21-20(17)25/h3-12,20-21,25H,1H2,2H3. The van der Waals surface area contributed by atoms with Crippen molar-refractivity contribution in [2.45, 2.75) is 13.2 Å². The maximum atomic E-state index is 10.4. The van der Waals surface area contributed by atoms with E-state index in [1.807, 2.05) is 67.7 Å². The highest BCUT2D eigenvalue weighted by molar-refractivity contribution is 5.90. The number of benzene rings is 2. The van der Waals surface area contributed by atoms with Crippen LogP contribution in [0.3, 0.4) is 0 Å². The Hall–Kier alpha value is -3.18. The molecule has 0 aliphatic carbocycles. The van der Waals surface area contributed by atoms with Crippen LogP contribution in [0, 0.1) is 0 Å². The van der Waals surface area contributed by atoms with Gasteiger partial charge in [0.25, 0.3) is 0 Å². The van der Waals surface area contributed by atoms with Crippen LogP contribution in [0.25, 0.3) is 22.9 Å². The highest BCUT2D eigenvalue weighted by Gasteiger charge is 2.21. The van der Waals surface area contributed by atoms with E-state index >= 15 is 0 Å². The summed E-state index contributed by atoms with van der Waals surface area (Å²) in [6.07, 6.45) is 2.95. The summed E-state index contributed by atoms with van der Waals surface area (Å²) in [6, 6.07) is 15.8. The molecule has 0 fully saturated rings. The maximum absolute atomic E-state index is 10.4. The number of fused-ring (bicyclic) bond motifs is 1. The first-order valence-electron chi connectivity index (χ1n) is 8.06. The Kier molecular flexibility index (Phi) is 3.71. The minimum absolute atomic E-state index is 0.637. The van der Waals surface area contributed by atoms with E-state index in [0.717, 1.165) is 28.1 Å². The number of nitrogens with zero attached hydrogens (tertiary/aromatic N) is 3. The minimum Gasteiger partial charge on any atom is -0.369 e. The number of allylic oxidation sites excluding steroid dienone is 1. The largest absolute Gasteiger partial charge is 0.369 e. The highest BCUT2D eigenvalue weighted by atomic mass is 16.3. The van der Waals surface area contributed by atoms with Gasteiger partial charge in [0, 0.05) is 11.3 Å². The molecule has 2 heterocycles. The van der Waals surface area contributed by atoms with Gasteiger partial charge in [0.15, 0.2) is 6.23 Å². The van der Waals surface area contributed by atoms with Gasteiger partial charge in [-0.2, -0.15) is 0 Å². The van der Waals surface area contributed by atoms with Gasteiger partial charge in [0.1, 0.15) is 5.69 Å². The van der Waals surface area contributed by atoms with Crippen LogP contribution in [-0.4, -0.2) is 26.3 Å². The number of aromatic nitrogens is 3. The van der Waals surface area contributed by atoms with Crippen molar-refractivity contribution in [3.05, 3.63) is 78.1 Å². The van der Waals surface area contributed by atoms with E-state index in [0.29, 0.717) is 11.3 Å². The topological polar surface area (TPSA) is 63.0 Å². The quantitative estimate of drug-likeness (QED) is 0.770. The summed E-state index contributed by atoms with van der Waals surface area (Å²) in [5, 5.41) is 21.9. The van der Waals surface area contributed by atoms with Crippen molar-refractivity contribution in [3.8, 4) is 5.69 Å². The van der Waals surface area contributed by atoms with Crippen molar-refractivity contribution in [2.75, 3.05) is 5.32 Å². The van der Waals surface area contributed by atoms with Crippen molar-refractivity contribution in [1.82, 2.24) is 15.0 Å². The lowest BCUT2D eigenvalue weighted by Gasteiger charge is -2.22. The fourth-order valence-electron chi connectivity index (χ4n) is 2.86. The predicted octanol–water partition coefficient (Wildman–Crippen LogP) is 3.58. The molecule has 0 amide bonds. The van der Waals surface area contributed by atoms with Gasteiger partial charge in [-0.3, -0.25) is 0 Å². The Labute approximate surface area is 145 Å². The Bertz CT molecular complexity index is 969. The van der Waals surface area contributed by atoms with Crippen LogP contribution in [0.5, 0.6) is 0 Å². The first-order valence-corrected chi connectivity index (χ1v) is 8.06. The molecule has 1 aliphatic heterocycles. The molecule has 0 radical (unpaired) electrons. The average molecular weight is 330 g/mol. The van der Waals surface area contributed by atoms with Crippen molar-refractivity contribution in [3.63, 3.8) is 0 Å². The van der Waals surface area contributed by atoms with Gasteiger partial charge in [-0.1, -0.05) is 47.7 Å². The molecule has 0 saturated heterocycles. The van der Waals surface area contributed by atoms with Gasteiger partial charge in [-0.05, 0) is 42.3 Å². The number of aliphatic hydroxyl groups is 1. The maximum Gasteiger partial charge on any atom is 0.153 e. The molecule has 5 heteroatoms. The van der Waals surface area contributed by atoms with Crippen LogP contribution < -0.4 is 5.32 Å². The summed E-state index contributed by atoms with van der Waals surface area (Å²) >= 11 is 0. The Morgan fingerprint density at radius 3 is 2.68 bits per heavy atom. The molecule has 0 saturated carbocycles. The number of anilines is 1. The van der Waals surface area contributed by atoms with Crippen LogP contribution in [0.4, 0.5) is 5.69 Å². The second kappa shape index (κ2) is 6.03. The van der Waals surface area contributed by atoms with Gasteiger partial charge in [0.2, 0.25) is 0 Å². The molecule has 0 spiro atoms. The van der Waals surface area contributed by atoms with Crippen LogP contribution in [-0.2, 0) is 0 Å².